The van der Waals surface area contributed by atoms with Crippen LogP contribution in [0.2, 0.25) is 0 Å². The number of rotatable bonds is 6. The van der Waals surface area contributed by atoms with Gasteiger partial charge in [-0.3, -0.25) is 0 Å². The lowest BCUT2D eigenvalue weighted by molar-refractivity contribution is -0.0475. The molecule has 0 bridgehead atoms. The van der Waals surface area contributed by atoms with Crippen molar-refractivity contribution >= 4 is 0 Å². The quantitative estimate of drug-likeness (QED) is 0.710. The summed E-state index contributed by atoms with van der Waals surface area (Å²) in [4.78, 5) is 0. The van der Waals surface area contributed by atoms with Gasteiger partial charge in [-0.05, 0) is 39.2 Å². The van der Waals surface area contributed by atoms with Gasteiger partial charge in [-0.25, -0.2) is 0 Å². The van der Waals surface area contributed by atoms with Crippen LogP contribution in [-0.4, -0.2) is 25.8 Å². The summed E-state index contributed by atoms with van der Waals surface area (Å²) >= 11 is 0. The smallest absolute Gasteiger partial charge is 0.0775 e. The molecule has 2 nitrogen and oxygen atoms in total. The van der Waals surface area contributed by atoms with Gasteiger partial charge in [-0.1, -0.05) is 19.8 Å². The first kappa shape index (κ1) is 12.0. The van der Waals surface area contributed by atoms with E-state index in [1.54, 1.807) is 0 Å². The molecule has 0 amide bonds. The molecule has 0 aliphatic heterocycles. The first-order valence-electron chi connectivity index (χ1n) is 5.99. The fourth-order valence-corrected chi connectivity index (χ4v) is 2.15. The predicted octanol–water partition coefficient (Wildman–Crippen LogP) is 2.58. The third-order valence-electron chi connectivity index (χ3n) is 3.44. The molecule has 0 aromatic carbocycles. The molecule has 0 heterocycles. The van der Waals surface area contributed by atoms with E-state index in [-0.39, 0.29) is 5.60 Å². The molecule has 0 saturated heterocycles. The molecule has 1 atom stereocenters. The maximum Gasteiger partial charge on any atom is 0.0775 e. The zero-order valence-electron chi connectivity index (χ0n) is 9.94. The zero-order valence-corrected chi connectivity index (χ0v) is 9.94. The largest absolute Gasteiger partial charge is 0.374 e. The van der Waals surface area contributed by atoms with Gasteiger partial charge in [0.25, 0.3) is 0 Å². The van der Waals surface area contributed by atoms with Crippen molar-refractivity contribution in [2.75, 3.05) is 20.2 Å². The fraction of sp³-hybridized carbons (Fsp3) is 1.00. The van der Waals surface area contributed by atoms with Crippen molar-refractivity contribution in [1.82, 2.24) is 5.32 Å². The van der Waals surface area contributed by atoms with E-state index in [0.717, 1.165) is 25.5 Å². The highest BCUT2D eigenvalue weighted by atomic mass is 16.5. The molecule has 0 aromatic heterocycles. The van der Waals surface area contributed by atoms with Gasteiger partial charge in [0.1, 0.15) is 0 Å². The van der Waals surface area contributed by atoms with Crippen LogP contribution in [-0.2, 0) is 4.74 Å². The lowest BCUT2D eigenvalue weighted by atomic mass is 10.0. The van der Waals surface area contributed by atoms with Crippen LogP contribution in [0.5, 0.6) is 0 Å². The lowest BCUT2D eigenvalue weighted by Gasteiger charge is -2.29. The molecule has 1 N–H and O–H groups in total. The number of nitrogens with one attached hydrogen (secondary N) is 1. The zero-order chi connectivity index (χ0) is 10.4. The average molecular weight is 199 g/mol. The van der Waals surface area contributed by atoms with Crippen molar-refractivity contribution in [3.05, 3.63) is 0 Å². The van der Waals surface area contributed by atoms with Crippen molar-refractivity contribution in [3.63, 3.8) is 0 Å². The monoisotopic (exact) mass is 199 g/mol. The maximum absolute atomic E-state index is 6.04. The molecule has 2 heteroatoms. The number of ether oxygens (including phenoxy) is 1. The minimum absolute atomic E-state index is 0.0390. The van der Waals surface area contributed by atoms with E-state index in [1.807, 2.05) is 7.05 Å². The van der Waals surface area contributed by atoms with E-state index in [4.69, 9.17) is 4.74 Å². The van der Waals surface area contributed by atoms with Crippen LogP contribution in [0.3, 0.4) is 0 Å². The minimum atomic E-state index is 0.0390. The van der Waals surface area contributed by atoms with E-state index in [2.05, 4.69) is 19.2 Å². The summed E-state index contributed by atoms with van der Waals surface area (Å²) in [5, 5.41) is 3.21. The second-order valence-electron chi connectivity index (χ2n) is 4.80. The van der Waals surface area contributed by atoms with Crippen LogP contribution in [0.15, 0.2) is 0 Å². The molecule has 14 heavy (non-hydrogen) atoms. The van der Waals surface area contributed by atoms with Crippen molar-refractivity contribution in [3.8, 4) is 0 Å². The van der Waals surface area contributed by atoms with Gasteiger partial charge >= 0.3 is 0 Å². The summed E-state index contributed by atoms with van der Waals surface area (Å²) in [6.45, 7) is 6.33. The summed E-state index contributed by atoms with van der Waals surface area (Å²) in [6.07, 6.45) is 6.64. The summed E-state index contributed by atoms with van der Waals surface area (Å²) < 4.78 is 6.04. The Morgan fingerprint density at radius 1 is 1.36 bits per heavy atom. The van der Waals surface area contributed by atoms with Gasteiger partial charge < -0.3 is 10.1 Å². The molecule has 1 aliphatic carbocycles. The molecule has 0 radical (unpaired) electrons. The Morgan fingerprint density at radius 2 is 2.00 bits per heavy atom. The SMILES string of the molecule is CCC(C)(CNC)OCC1CCCC1. The van der Waals surface area contributed by atoms with Gasteiger partial charge in [-0.2, -0.15) is 0 Å². The Labute approximate surface area is 88.4 Å². The van der Waals surface area contributed by atoms with Gasteiger partial charge in [0.2, 0.25) is 0 Å². The predicted molar refractivity (Wildman–Crippen MR) is 60.5 cm³/mol. The number of likely N-dealkylation sites (N-methyl/N-ethyl adjacent to an activating group) is 1. The molecule has 1 fully saturated rings. The van der Waals surface area contributed by atoms with Crippen LogP contribution in [0, 0.1) is 5.92 Å². The number of hydrogen-bond acceptors (Lipinski definition) is 2. The van der Waals surface area contributed by atoms with Gasteiger partial charge in [0, 0.05) is 6.54 Å². The second kappa shape index (κ2) is 5.72. The Bertz CT molecular complexity index is 154. The van der Waals surface area contributed by atoms with Crippen LogP contribution < -0.4 is 5.32 Å². The Kier molecular flexibility index (Phi) is 4.90. The first-order valence-corrected chi connectivity index (χ1v) is 5.99. The third-order valence-corrected chi connectivity index (χ3v) is 3.44. The van der Waals surface area contributed by atoms with Crippen molar-refractivity contribution in [2.45, 2.75) is 51.6 Å². The molecular weight excluding hydrogens is 174 g/mol. The second-order valence-corrected chi connectivity index (χ2v) is 4.80. The van der Waals surface area contributed by atoms with E-state index < -0.39 is 0 Å². The number of hydrogen-bond donors (Lipinski definition) is 1. The van der Waals surface area contributed by atoms with Gasteiger partial charge in [0.05, 0.1) is 12.2 Å². The highest BCUT2D eigenvalue weighted by Crippen LogP contribution is 2.26. The van der Waals surface area contributed by atoms with Crippen molar-refractivity contribution in [2.24, 2.45) is 5.92 Å². The highest BCUT2D eigenvalue weighted by Gasteiger charge is 2.24. The standard InChI is InChI=1S/C12H25NO/c1-4-12(2,10-13-3)14-9-11-7-5-6-8-11/h11,13H,4-10H2,1-3H3. The maximum atomic E-state index is 6.04. The van der Waals surface area contributed by atoms with Gasteiger partial charge in [0.15, 0.2) is 0 Å². The van der Waals surface area contributed by atoms with Gasteiger partial charge in [-0.15, -0.1) is 0 Å². The minimum Gasteiger partial charge on any atom is -0.374 e. The third kappa shape index (κ3) is 3.58. The molecule has 1 rings (SSSR count). The molecular formula is C12H25NO. The summed E-state index contributed by atoms with van der Waals surface area (Å²) in [5.74, 6) is 0.831. The summed E-state index contributed by atoms with van der Waals surface area (Å²) in [5.41, 5.74) is 0.0390. The van der Waals surface area contributed by atoms with Crippen LogP contribution in [0.4, 0.5) is 0 Å². The molecule has 1 saturated carbocycles. The average Bonchev–Trinajstić information content (AvgIpc) is 2.68. The Hall–Kier alpha value is -0.0800. The summed E-state index contributed by atoms with van der Waals surface area (Å²) in [7, 11) is 1.99. The first-order chi connectivity index (χ1) is 6.70. The Balaban J connectivity index is 2.25. The van der Waals surface area contributed by atoms with Crippen LogP contribution in [0.1, 0.15) is 46.0 Å². The summed E-state index contributed by atoms with van der Waals surface area (Å²) in [6, 6.07) is 0. The van der Waals surface area contributed by atoms with Crippen molar-refractivity contribution in [1.29, 1.82) is 0 Å². The molecule has 84 valence electrons. The normalized spacial score (nSPS) is 22.5. The van der Waals surface area contributed by atoms with Crippen LogP contribution in [0.25, 0.3) is 0 Å². The van der Waals surface area contributed by atoms with Crippen molar-refractivity contribution < 1.29 is 4.74 Å². The molecule has 0 spiro atoms. The van der Waals surface area contributed by atoms with E-state index in [9.17, 15) is 0 Å². The Morgan fingerprint density at radius 3 is 2.50 bits per heavy atom. The van der Waals surface area contributed by atoms with E-state index in [0.29, 0.717) is 0 Å². The van der Waals surface area contributed by atoms with E-state index in [1.165, 1.54) is 25.7 Å². The molecule has 0 aromatic rings. The highest BCUT2D eigenvalue weighted by molar-refractivity contribution is 4.77. The van der Waals surface area contributed by atoms with Crippen LogP contribution >= 0.6 is 0 Å². The molecule has 1 aliphatic rings. The van der Waals surface area contributed by atoms with E-state index >= 15 is 0 Å². The lowest BCUT2D eigenvalue weighted by Crippen LogP contribution is -2.39. The topological polar surface area (TPSA) is 21.3 Å². The fourth-order valence-electron chi connectivity index (χ4n) is 2.15. The molecule has 1 unspecified atom stereocenters.